The topological polar surface area (TPSA) is 52.6 Å². The second-order valence-corrected chi connectivity index (χ2v) is 7.50. The fraction of sp³-hybridized carbons (Fsp3) is 0.333. The van der Waals surface area contributed by atoms with E-state index in [-0.39, 0.29) is 25.9 Å². The van der Waals surface area contributed by atoms with E-state index >= 15 is 0 Å². The van der Waals surface area contributed by atoms with Crippen LogP contribution in [0.5, 0.6) is 0 Å². The first kappa shape index (κ1) is 13.4. The second kappa shape index (κ2) is 5.08. The van der Waals surface area contributed by atoms with Crippen molar-refractivity contribution in [2.45, 2.75) is 17.3 Å². The van der Waals surface area contributed by atoms with Crippen molar-refractivity contribution in [1.82, 2.24) is 0 Å². The van der Waals surface area contributed by atoms with Gasteiger partial charge in [0.1, 0.15) is 0 Å². The Morgan fingerprint density at radius 2 is 2.15 bits per heavy atom. The number of methoxy groups -OCH3 is 1. The Morgan fingerprint density at radius 1 is 1.40 bits per heavy atom. The van der Waals surface area contributed by atoms with Gasteiger partial charge in [0.05, 0.1) is 0 Å². The first-order valence-electron chi connectivity index (χ1n) is 6.37. The van der Waals surface area contributed by atoms with Crippen LogP contribution in [0.1, 0.15) is 6.42 Å². The SMILES string of the molecule is COC(=O)C12C=CC(CC1[Se]c1ccccc1)OC2=O. The molecule has 0 radical (unpaired) electrons. The minimum absolute atomic E-state index is 0.0118. The molecule has 0 spiro atoms. The van der Waals surface area contributed by atoms with Gasteiger partial charge in [-0.1, -0.05) is 0 Å². The number of carbonyl (C=O) groups excluding carboxylic acids is 2. The molecule has 104 valence electrons. The van der Waals surface area contributed by atoms with Gasteiger partial charge in [-0.05, 0) is 0 Å². The van der Waals surface area contributed by atoms with Crippen LogP contribution in [0.15, 0.2) is 42.5 Å². The number of benzene rings is 1. The van der Waals surface area contributed by atoms with Gasteiger partial charge in [0.25, 0.3) is 0 Å². The molecular weight excluding hydrogens is 323 g/mol. The van der Waals surface area contributed by atoms with Crippen molar-refractivity contribution in [1.29, 1.82) is 0 Å². The fourth-order valence-corrected chi connectivity index (χ4v) is 5.53. The molecule has 20 heavy (non-hydrogen) atoms. The van der Waals surface area contributed by atoms with Crippen molar-refractivity contribution in [3.63, 3.8) is 0 Å². The molecule has 0 N–H and O–H groups in total. The van der Waals surface area contributed by atoms with Gasteiger partial charge >= 0.3 is 123 Å². The molecule has 1 aromatic rings. The Morgan fingerprint density at radius 3 is 2.80 bits per heavy atom. The van der Waals surface area contributed by atoms with E-state index in [2.05, 4.69) is 0 Å². The number of hydrogen-bond donors (Lipinski definition) is 0. The fourth-order valence-electron chi connectivity index (χ4n) is 2.62. The van der Waals surface area contributed by atoms with Crippen molar-refractivity contribution < 1.29 is 19.1 Å². The van der Waals surface area contributed by atoms with E-state index in [4.69, 9.17) is 9.47 Å². The maximum atomic E-state index is 12.2. The van der Waals surface area contributed by atoms with Crippen LogP contribution in [0, 0.1) is 5.41 Å². The average molecular weight is 337 g/mol. The summed E-state index contributed by atoms with van der Waals surface area (Å²) >= 11 is 0.0118. The van der Waals surface area contributed by atoms with Crippen molar-refractivity contribution >= 4 is 31.4 Å². The molecule has 2 heterocycles. The molecule has 3 aliphatic rings. The molecule has 2 aliphatic heterocycles. The van der Waals surface area contributed by atoms with Crippen LogP contribution in [0.3, 0.4) is 0 Å². The first-order valence-corrected chi connectivity index (χ1v) is 8.22. The van der Waals surface area contributed by atoms with Crippen LogP contribution in [-0.4, -0.2) is 40.1 Å². The van der Waals surface area contributed by atoms with Crippen LogP contribution in [0.2, 0.25) is 4.82 Å². The summed E-state index contributed by atoms with van der Waals surface area (Å²) in [6.07, 6.45) is 3.97. The van der Waals surface area contributed by atoms with Crippen molar-refractivity contribution in [3.05, 3.63) is 42.5 Å². The summed E-state index contributed by atoms with van der Waals surface area (Å²) in [4.78, 5) is 24.4. The maximum absolute atomic E-state index is 12.2. The van der Waals surface area contributed by atoms with Crippen LogP contribution in [0.25, 0.3) is 0 Å². The summed E-state index contributed by atoms with van der Waals surface area (Å²) in [7, 11) is 1.31. The monoisotopic (exact) mass is 338 g/mol. The Bertz CT molecular complexity index is 568. The molecule has 3 unspecified atom stereocenters. The number of ether oxygens (including phenoxy) is 2. The molecule has 5 heteroatoms. The van der Waals surface area contributed by atoms with Crippen molar-refractivity contribution in [3.8, 4) is 0 Å². The Labute approximate surface area is 123 Å². The van der Waals surface area contributed by atoms with Crippen LogP contribution in [-0.2, 0) is 19.1 Å². The molecular formula is C15H14O4Se. The number of esters is 2. The molecule has 0 saturated carbocycles. The standard InChI is InChI=1S/C15H14O4Se/c1-18-13(16)15-8-7-10(19-14(15)17)9-12(15)20-11-5-3-2-4-6-11/h2-8,10,12H,9H2,1H3. The molecule has 3 atom stereocenters. The van der Waals surface area contributed by atoms with Crippen LogP contribution in [0.4, 0.5) is 0 Å². The predicted octanol–water partition coefficient (Wildman–Crippen LogP) is 0.849. The van der Waals surface area contributed by atoms with Gasteiger partial charge in [-0.15, -0.1) is 0 Å². The number of carbonyl (C=O) groups is 2. The minimum atomic E-state index is -1.25. The van der Waals surface area contributed by atoms with Gasteiger partial charge in [-0.25, -0.2) is 0 Å². The van der Waals surface area contributed by atoms with E-state index in [0.717, 1.165) is 0 Å². The second-order valence-electron chi connectivity index (χ2n) is 4.82. The zero-order valence-electron chi connectivity index (χ0n) is 10.9. The molecule has 4 nitrogen and oxygen atoms in total. The van der Waals surface area contributed by atoms with Gasteiger partial charge in [-0.3, -0.25) is 0 Å². The summed E-state index contributed by atoms with van der Waals surface area (Å²) in [5.41, 5.74) is -1.25. The summed E-state index contributed by atoms with van der Waals surface area (Å²) in [6, 6.07) is 9.95. The quantitative estimate of drug-likeness (QED) is 0.355. The van der Waals surface area contributed by atoms with Gasteiger partial charge in [0, 0.05) is 0 Å². The number of fused-ring (bicyclic) bond motifs is 2. The van der Waals surface area contributed by atoms with Crippen LogP contribution < -0.4 is 4.46 Å². The third kappa shape index (κ3) is 1.98. The Balaban J connectivity index is 1.96. The molecule has 4 rings (SSSR count). The van der Waals surface area contributed by atoms with Gasteiger partial charge in [-0.2, -0.15) is 0 Å². The molecule has 1 aliphatic carbocycles. The Kier molecular flexibility index (Phi) is 3.40. The average Bonchev–Trinajstić information content (AvgIpc) is 2.48. The molecule has 2 bridgehead atoms. The van der Waals surface area contributed by atoms with E-state index in [1.54, 1.807) is 12.2 Å². The third-order valence-corrected chi connectivity index (χ3v) is 6.59. The molecule has 1 saturated heterocycles. The number of rotatable bonds is 3. The van der Waals surface area contributed by atoms with Gasteiger partial charge in [0.15, 0.2) is 0 Å². The van der Waals surface area contributed by atoms with Gasteiger partial charge < -0.3 is 0 Å². The van der Waals surface area contributed by atoms with Crippen molar-refractivity contribution in [2.24, 2.45) is 5.41 Å². The summed E-state index contributed by atoms with van der Waals surface area (Å²) in [5, 5.41) is 0. The van der Waals surface area contributed by atoms with Crippen LogP contribution >= 0.6 is 0 Å². The number of hydrogen-bond acceptors (Lipinski definition) is 4. The van der Waals surface area contributed by atoms with Crippen molar-refractivity contribution in [2.75, 3.05) is 7.11 Å². The summed E-state index contributed by atoms with van der Waals surface area (Å²) in [5.74, 6) is -0.981. The predicted molar refractivity (Wildman–Crippen MR) is 73.7 cm³/mol. The van der Waals surface area contributed by atoms with E-state index < -0.39 is 17.4 Å². The van der Waals surface area contributed by atoms with E-state index in [1.165, 1.54) is 11.6 Å². The first-order chi connectivity index (χ1) is 9.66. The zero-order chi connectivity index (χ0) is 14.2. The summed E-state index contributed by atoms with van der Waals surface area (Å²) in [6.45, 7) is 0. The molecule has 1 fully saturated rings. The summed E-state index contributed by atoms with van der Waals surface area (Å²) < 4.78 is 11.3. The van der Waals surface area contributed by atoms with E-state index in [9.17, 15) is 9.59 Å². The molecule has 0 amide bonds. The third-order valence-electron chi connectivity index (χ3n) is 3.67. The Hall–Kier alpha value is -1.58. The van der Waals surface area contributed by atoms with Gasteiger partial charge in [0.2, 0.25) is 0 Å². The molecule has 0 aromatic heterocycles. The zero-order valence-corrected chi connectivity index (χ0v) is 12.7. The molecule has 1 aromatic carbocycles. The van der Waals surface area contributed by atoms with E-state index in [0.29, 0.717) is 6.42 Å². The normalized spacial score (nSPS) is 30.9. The van der Waals surface area contributed by atoms with E-state index in [1.807, 2.05) is 30.3 Å².